The molecule has 112 valence electrons. The molecule has 1 rings (SSSR count). The summed E-state index contributed by atoms with van der Waals surface area (Å²) in [6, 6.07) is 0.899. The largest absolute Gasteiger partial charge is 0.354 e. The Hall–Kier alpha value is -0.610. The van der Waals surface area contributed by atoms with Gasteiger partial charge in [-0.2, -0.15) is 0 Å². The predicted octanol–water partition coefficient (Wildman–Crippen LogP) is 1.61. The molecule has 1 aliphatic heterocycles. The van der Waals surface area contributed by atoms with Gasteiger partial charge < -0.3 is 15.5 Å². The van der Waals surface area contributed by atoms with Crippen LogP contribution >= 0.6 is 0 Å². The van der Waals surface area contributed by atoms with Gasteiger partial charge in [-0.25, -0.2) is 0 Å². The summed E-state index contributed by atoms with van der Waals surface area (Å²) in [6.45, 7) is 12.8. The summed E-state index contributed by atoms with van der Waals surface area (Å²) in [7, 11) is 0. The molecule has 0 bridgehead atoms. The van der Waals surface area contributed by atoms with Crippen LogP contribution in [0.5, 0.6) is 0 Å². The minimum Gasteiger partial charge on any atom is -0.354 e. The third kappa shape index (κ3) is 6.39. The molecule has 1 heterocycles. The molecule has 0 aromatic heterocycles. The van der Waals surface area contributed by atoms with Gasteiger partial charge in [0.05, 0.1) is 0 Å². The van der Waals surface area contributed by atoms with Crippen LogP contribution in [0.1, 0.15) is 47.0 Å². The van der Waals surface area contributed by atoms with Gasteiger partial charge in [-0.15, -0.1) is 0 Å². The van der Waals surface area contributed by atoms with E-state index < -0.39 is 0 Å². The highest BCUT2D eigenvalue weighted by molar-refractivity contribution is 5.76. The first-order chi connectivity index (χ1) is 9.02. The summed E-state index contributed by atoms with van der Waals surface area (Å²) in [5.74, 6) is 0.849. The number of rotatable bonds is 7. The summed E-state index contributed by atoms with van der Waals surface area (Å²) in [5.41, 5.74) is 0. The molecule has 1 saturated heterocycles. The molecule has 0 aromatic rings. The lowest BCUT2D eigenvalue weighted by Crippen LogP contribution is -2.49. The van der Waals surface area contributed by atoms with E-state index in [1.54, 1.807) is 0 Å². The zero-order valence-corrected chi connectivity index (χ0v) is 13.0. The molecule has 1 fully saturated rings. The minimum atomic E-state index is 0.175. The maximum Gasteiger partial charge on any atom is 0.221 e. The molecular weight excluding hydrogens is 238 g/mol. The summed E-state index contributed by atoms with van der Waals surface area (Å²) in [5, 5.41) is 6.58. The Morgan fingerprint density at radius 2 is 2.16 bits per heavy atom. The molecule has 0 aromatic carbocycles. The molecule has 2 N–H and O–H groups in total. The predicted molar refractivity (Wildman–Crippen MR) is 80.2 cm³/mol. The van der Waals surface area contributed by atoms with E-state index in [0.717, 1.165) is 26.2 Å². The first kappa shape index (κ1) is 16.4. The van der Waals surface area contributed by atoms with Gasteiger partial charge in [0.15, 0.2) is 0 Å². The van der Waals surface area contributed by atoms with Crippen LogP contribution in [0.15, 0.2) is 0 Å². The number of likely N-dealkylation sites (tertiary alicyclic amines) is 1. The molecule has 0 saturated carbocycles. The normalized spacial score (nSPS) is 24.7. The number of nitrogens with one attached hydrogen (secondary N) is 2. The monoisotopic (exact) mass is 269 g/mol. The van der Waals surface area contributed by atoms with Crippen LogP contribution in [0.2, 0.25) is 0 Å². The van der Waals surface area contributed by atoms with Crippen molar-refractivity contribution >= 4 is 5.91 Å². The lowest BCUT2D eigenvalue weighted by atomic mass is 9.93. The second kappa shape index (κ2) is 8.54. The van der Waals surface area contributed by atoms with Crippen molar-refractivity contribution in [1.29, 1.82) is 0 Å². The van der Waals surface area contributed by atoms with E-state index in [1.807, 2.05) is 13.8 Å². The number of amides is 1. The second-order valence-corrected chi connectivity index (χ2v) is 6.10. The van der Waals surface area contributed by atoms with Gasteiger partial charge >= 0.3 is 0 Å². The van der Waals surface area contributed by atoms with Crippen LogP contribution in [0.25, 0.3) is 0 Å². The molecule has 1 amide bonds. The van der Waals surface area contributed by atoms with Gasteiger partial charge in [0.1, 0.15) is 0 Å². The lowest BCUT2D eigenvalue weighted by molar-refractivity contribution is -0.122. The number of nitrogens with zero attached hydrogens (tertiary/aromatic N) is 1. The molecule has 0 spiro atoms. The van der Waals surface area contributed by atoms with Crippen LogP contribution in [0.3, 0.4) is 0 Å². The van der Waals surface area contributed by atoms with Gasteiger partial charge in [-0.3, -0.25) is 4.79 Å². The van der Waals surface area contributed by atoms with E-state index in [-0.39, 0.29) is 11.9 Å². The average molecular weight is 269 g/mol. The Morgan fingerprint density at radius 3 is 2.74 bits per heavy atom. The second-order valence-electron chi connectivity index (χ2n) is 6.10. The Morgan fingerprint density at radius 1 is 1.42 bits per heavy atom. The third-order valence-corrected chi connectivity index (χ3v) is 3.75. The van der Waals surface area contributed by atoms with Crippen molar-refractivity contribution in [3.05, 3.63) is 0 Å². The Balaban J connectivity index is 2.22. The van der Waals surface area contributed by atoms with Gasteiger partial charge in [-0.05, 0) is 45.7 Å². The fourth-order valence-electron chi connectivity index (χ4n) is 2.72. The van der Waals surface area contributed by atoms with Crippen LogP contribution in [0.4, 0.5) is 0 Å². The van der Waals surface area contributed by atoms with Crippen LogP contribution in [-0.2, 0) is 4.79 Å². The third-order valence-electron chi connectivity index (χ3n) is 3.75. The molecule has 19 heavy (non-hydrogen) atoms. The highest BCUT2D eigenvalue weighted by Crippen LogP contribution is 2.16. The quantitative estimate of drug-likeness (QED) is 0.738. The van der Waals surface area contributed by atoms with Gasteiger partial charge in [0.25, 0.3) is 0 Å². The van der Waals surface area contributed by atoms with Crippen molar-refractivity contribution in [1.82, 2.24) is 15.5 Å². The lowest BCUT2D eigenvalue weighted by Gasteiger charge is -2.37. The zero-order chi connectivity index (χ0) is 14.3. The summed E-state index contributed by atoms with van der Waals surface area (Å²) in [6.07, 6.45) is 3.02. The van der Waals surface area contributed by atoms with E-state index in [0.29, 0.717) is 18.4 Å². The van der Waals surface area contributed by atoms with Crippen molar-refractivity contribution in [3.8, 4) is 0 Å². The molecule has 4 heteroatoms. The number of carbonyl (C=O) groups excluding carboxylic acids is 1. The SMILES string of the molecule is CCCNC1CCN(CCC(=O)NC(C)C)CC1C. The van der Waals surface area contributed by atoms with E-state index in [4.69, 9.17) is 0 Å². The topological polar surface area (TPSA) is 44.4 Å². The van der Waals surface area contributed by atoms with Crippen molar-refractivity contribution in [2.24, 2.45) is 5.92 Å². The molecule has 2 unspecified atom stereocenters. The summed E-state index contributed by atoms with van der Waals surface area (Å²) >= 11 is 0. The number of hydrogen-bond donors (Lipinski definition) is 2. The minimum absolute atomic E-state index is 0.175. The van der Waals surface area contributed by atoms with E-state index in [2.05, 4.69) is 29.4 Å². The first-order valence-corrected chi connectivity index (χ1v) is 7.78. The fourth-order valence-corrected chi connectivity index (χ4v) is 2.72. The van der Waals surface area contributed by atoms with Crippen molar-refractivity contribution in [2.45, 2.75) is 59.0 Å². The molecule has 4 nitrogen and oxygen atoms in total. The van der Waals surface area contributed by atoms with Crippen LogP contribution < -0.4 is 10.6 Å². The number of hydrogen-bond acceptors (Lipinski definition) is 3. The molecular formula is C15H31N3O. The number of piperidine rings is 1. The van der Waals surface area contributed by atoms with Crippen LogP contribution in [0, 0.1) is 5.92 Å². The Labute approximate surface area is 118 Å². The highest BCUT2D eigenvalue weighted by Gasteiger charge is 2.25. The molecule has 0 aliphatic carbocycles. The maximum atomic E-state index is 11.6. The number of carbonyl (C=O) groups is 1. The Bertz CT molecular complexity index is 268. The van der Waals surface area contributed by atoms with Crippen molar-refractivity contribution in [2.75, 3.05) is 26.2 Å². The Kier molecular flexibility index (Phi) is 7.39. The summed E-state index contributed by atoms with van der Waals surface area (Å²) in [4.78, 5) is 14.1. The average Bonchev–Trinajstić information content (AvgIpc) is 2.34. The molecule has 0 radical (unpaired) electrons. The smallest absolute Gasteiger partial charge is 0.221 e. The summed E-state index contributed by atoms with van der Waals surface area (Å²) < 4.78 is 0. The van der Waals surface area contributed by atoms with Crippen molar-refractivity contribution < 1.29 is 4.79 Å². The van der Waals surface area contributed by atoms with E-state index in [1.165, 1.54) is 12.8 Å². The zero-order valence-electron chi connectivity index (χ0n) is 13.0. The van der Waals surface area contributed by atoms with E-state index >= 15 is 0 Å². The molecule has 1 aliphatic rings. The maximum absolute atomic E-state index is 11.6. The van der Waals surface area contributed by atoms with Gasteiger partial charge in [0.2, 0.25) is 5.91 Å². The van der Waals surface area contributed by atoms with E-state index in [9.17, 15) is 4.79 Å². The fraction of sp³-hybridized carbons (Fsp3) is 0.933. The highest BCUT2D eigenvalue weighted by atomic mass is 16.1. The van der Waals surface area contributed by atoms with Gasteiger partial charge in [-0.1, -0.05) is 13.8 Å². The molecule has 2 atom stereocenters. The standard InChI is InChI=1S/C15H31N3O/c1-5-8-16-14-6-9-18(11-13(14)4)10-7-15(19)17-12(2)3/h12-14,16H,5-11H2,1-4H3,(H,17,19). The van der Waals surface area contributed by atoms with Crippen LogP contribution in [-0.4, -0.2) is 49.1 Å². The van der Waals surface area contributed by atoms with Crippen molar-refractivity contribution in [3.63, 3.8) is 0 Å². The van der Waals surface area contributed by atoms with Gasteiger partial charge in [0, 0.05) is 31.6 Å². The first-order valence-electron chi connectivity index (χ1n) is 7.78.